The molecule has 0 bridgehead atoms. The van der Waals surface area contributed by atoms with Gasteiger partial charge < -0.3 is 15.0 Å². The highest BCUT2D eigenvalue weighted by molar-refractivity contribution is 5.77. The monoisotopic (exact) mass is 210 g/mol. The first-order valence-electron chi connectivity index (χ1n) is 5.60. The summed E-state index contributed by atoms with van der Waals surface area (Å²) >= 11 is 0. The fourth-order valence-electron chi connectivity index (χ4n) is 1.96. The summed E-state index contributed by atoms with van der Waals surface area (Å²) < 4.78 is 5.32. The zero-order valence-corrected chi connectivity index (χ0v) is 8.95. The van der Waals surface area contributed by atoms with Crippen molar-refractivity contribution in [2.75, 3.05) is 32.8 Å². The summed E-state index contributed by atoms with van der Waals surface area (Å²) in [4.78, 5) is 13.8. The molecular formula is C11H18N2O2. The Morgan fingerprint density at radius 1 is 1.53 bits per heavy atom. The summed E-state index contributed by atoms with van der Waals surface area (Å²) in [6.07, 6.45) is 5.74. The molecule has 2 aliphatic heterocycles. The lowest BCUT2D eigenvalue weighted by atomic mass is 10.1. The summed E-state index contributed by atoms with van der Waals surface area (Å²) in [5.74, 6) is 0.238. The number of morpholine rings is 1. The number of rotatable bonds is 2. The van der Waals surface area contributed by atoms with Crippen LogP contribution in [-0.2, 0) is 9.53 Å². The molecule has 2 rings (SSSR count). The number of nitrogens with zero attached hydrogens (tertiary/aromatic N) is 1. The number of amides is 1. The summed E-state index contributed by atoms with van der Waals surface area (Å²) in [6, 6.07) is 0.206. The molecule has 4 heteroatoms. The summed E-state index contributed by atoms with van der Waals surface area (Å²) in [7, 11) is 0. The maximum absolute atomic E-state index is 11.9. The Bertz CT molecular complexity index is 247. The molecule has 1 unspecified atom stereocenters. The van der Waals surface area contributed by atoms with E-state index >= 15 is 0 Å². The highest BCUT2D eigenvalue weighted by Crippen LogP contribution is 2.06. The van der Waals surface area contributed by atoms with Crippen LogP contribution in [0.3, 0.4) is 0 Å². The second kappa shape index (κ2) is 5.28. The Labute approximate surface area is 90.3 Å². The molecule has 4 nitrogen and oxygen atoms in total. The van der Waals surface area contributed by atoms with Crippen LogP contribution in [0.1, 0.15) is 12.8 Å². The highest BCUT2D eigenvalue weighted by Gasteiger charge is 2.20. The Morgan fingerprint density at radius 3 is 3.13 bits per heavy atom. The minimum Gasteiger partial charge on any atom is -0.378 e. The van der Waals surface area contributed by atoms with Gasteiger partial charge in [0.2, 0.25) is 5.91 Å². The van der Waals surface area contributed by atoms with Gasteiger partial charge in [0.15, 0.2) is 0 Å². The van der Waals surface area contributed by atoms with Gasteiger partial charge in [0.1, 0.15) is 0 Å². The van der Waals surface area contributed by atoms with E-state index < -0.39 is 0 Å². The molecule has 1 N–H and O–H groups in total. The Morgan fingerprint density at radius 2 is 2.47 bits per heavy atom. The fraction of sp³-hybridized carbons (Fsp3) is 0.727. The molecule has 0 radical (unpaired) electrons. The van der Waals surface area contributed by atoms with Crippen LogP contribution < -0.4 is 5.32 Å². The molecular weight excluding hydrogens is 192 g/mol. The lowest BCUT2D eigenvalue weighted by Gasteiger charge is -2.28. The van der Waals surface area contributed by atoms with Gasteiger partial charge >= 0.3 is 0 Å². The summed E-state index contributed by atoms with van der Waals surface area (Å²) in [6.45, 7) is 3.92. The highest BCUT2D eigenvalue weighted by atomic mass is 16.5. The van der Waals surface area contributed by atoms with Gasteiger partial charge in [0, 0.05) is 32.1 Å². The predicted molar refractivity (Wildman–Crippen MR) is 57.6 cm³/mol. The van der Waals surface area contributed by atoms with Crippen molar-refractivity contribution in [1.29, 1.82) is 0 Å². The molecule has 0 aromatic heterocycles. The standard InChI is InChI=1S/C11H18N2O2/c14-11(13-5-2-1-3-6-13)8-10-9-15-7-4-12-10/h1-2,10,12H,3-9H2. The van der Waals surface area contributed by atoms with Crippen LogP contribution in [-0.4, -0.2) is 49.7 Å². The molecule has 2 aliphatic rings. The number of carbonyl (C=O) groups is 1. The van der Waals surface area contributed by atoms with E-state index in [0.717, 1.165) is 32.7 Å². The van der Waals surface area contributed by atoms with E-state index in [1.807, 2.05) is 4.90 Å². The first-order valence-corrected chi connectivity index (χ1v) is 5.60. The van der Waals surface area contributed by atoms with Gasteiger partial charge in [0.25, 0.3) is 0 Å². The third-order valence-corrected chi connectivity index (χ3v) is 2.83. The lowest BCUT2D eigenvalue weighted by molar-refractivity contribution is -0.132. The normalized spacial score (nSPS) is 26.7. The zero-order chi connectivity index (χ0) is 10.5. The minimum atomic E-state index is 0.206. The third kappa shape index (κ3) is 3.04. The van der Waals surface area contributed by atoms with E-state index in [4.69, 9.17) is 4.74 Å². The number of hydrogen-bond donors (Lipinski definition) is 1. The topological polar surface area (TPSA) is 41.6 Å². The van der Waals surface area contributed by atoms with Crippen molar-refractivity contribution in [3.8, 4) is 0 Å². The number of nitrogens with one attached hydrogen (secondary N) is 1. The number of ether oxygens (including phenoxy) is 1. The van der Waals surface area contributed by atoms with Crippen LogP contribution in [0.4, 0.5) is 0 Å². The van der Waals surface area contributed by atoms with Gasteiger partial charge in [-0.15, -0.1) is 0 Å². The SMILES string of the molecule is O=C(CC1COCCN1)N1CC=CCC1. The smallest absolute Gasteiger partial charge is 0.224 e. The molecule has 84 valence electrons. The van der Waals surface area contributed by atoms with Crippen molar-refractivity contribution in [2.24, 2.45) is 0 Å². The van der Waals surface area contributed by atoms with Gasteiger partial charge in [-0.3, -0.25) is 4.79 Å². The molecule has 0 saturated carbocycles. The third-order valence-electron chi connectivity index (χ3n) is 2.83. The van der Waals surface area contributed by atoms with Crippen molar-refractivity contribution in [3.05, 3.63) is 12.2 Å². The second-order valence-electron chi connectivity index (χ2n) is 4.03. The first kappa shape index (κ1) is 10.6. The van der Waals surface area contributed by atoms with Gasteiger partial charge in [-0.2, -0.15) is 0 Å². The van der Waals surface area contributed by atoms with E-state index in [2.05, 4.69) is 17.5 Å². The summed E-state index contributed by atoms with van der Waals surface area (Å²) in [5.41, 5.74) is 0. The van der Waals surface area contributed by atoms with Crippen molar-refractivity contribution in [2.45, 2.75) is 18.9 Å². The molecule has 0 aromatic carbocycles. The Balaban J connectivity index is 1.77. The van der Waals surface area contributed by atoms with Gasteiger partial charge in [-0.1, -0.05) is 12.2 Å². The Hall–Kier alpha value is -0.870. The number of hydrogen-bond acceptors (Lipinski definition) is 3. The molecule has 1 atom stereocenters. The number of carbonyl (C=O) groups excluding carboxylic acids is 1. The second-order valence-corrected chi connectivity index (χ2v) is 4.03. The Kier molecular flexibility index (Phi) is 3.75. The molecule has 2 heterocycles. The minimum absolute atomic E-state index is 0.206. The van der Waals surface area contributed by atoms with E-state index in [0.29, 0.717) is 13.0 Å². The molecule has 15 heavy (non-hydrogen) atoms. The maximum atomic E-state index is 11.9. The van der Waals surface area contributed by atoms with Crippen LogP contribution in [0.2, 0.25) is 0 Å². The van der Waals surface area contributed by atoms with E-state index in [-0.39, 0.29) is 11.9 Å². The first-order chi connectivity index (χ1) is 7.36. The van der Waals surface area contributed by atoms with Crippen LogP contribution in [0, 0.1) is 0 Å². The van der Waals surface area contributed by atoms with Crippen molar-refractivity contribution in [3.63, 3.8) is 0 Å². The summed E-state index contributed by atoms with van der Waals surface area (Å²) in [5, 5.41) is 3.30. The largest absolute Gasteiger partial charge is 0.378 e. The van der Waals surface area contributed by atoms with Crippen molar-refractivity contribution >= 4 is 5.91 Å². The predicted octanol–water partition coefficient (Wildman–Crippen LogP) is 0.153. The fourth-order valence-corrected chi connectivity index (χ4v) is 1.96. The molecule has 0 aliphatic carbocycles. The molecule has 1 saturated heterocycles. The maximum Gasteiger partial charge on any atom is 0.224 e. The van der Waals surface area contributed by atoms with Crippen LogP contribution >= 0.6 is 0 Å². The molecule has 0 aromatic rings. The van der Waals surface area contributed by atoms with Crippen LogP contribution in [0.25, 0.3) is 0 Å². The zero-order valence-electron chi connectivity index (χ0n) is 8.95. The average Bonchev–Trinajstić information content (AvgIpc) is 2.31. The van der Waals surface area contributed by atoms with E-state index in [1.54, 1.807) is 0 Å². The lowest BCUT2D eigenvalue weighted by Crippen LogP contribution is -2.45. The van der Waals surface area contributed by atoms with Crippen molar-refractivity contribution in [1.82, 2.24) is 10.2 Å². The van der Waals surface area contributed by atoms with E-state index in [9.17, 15) is 4.79 Å². The van der Waals surface area contributed by atoms with E-state index in [1.165, 1.54) is 0 Å². The van der Waals surface area contributed by atoms with Gasteiger partial charge in [0.05, 0.1) is 13.2 Å². The van der Waals surface area contributed by atoms with Gasteiger partial charge in [-0.25, -0.2) is 0 Å². The molecule has 1 amide bonds. The molecule has 0 spiro atoms. The van der Waals surface area contributed by atoms with Crippen molar-refractivity contribution < 1.29 is 9.53 Å². The quantitative estimate of drug-likeness (QED) is 0.660. The molecule has 1 fully saturated rings. The van der Waals surface area contributed by atoms with Gasteiger partial charge in [-0.05, 0) is 6.42 Å². The van der Waals surface area contributed by atoms with Crippen LogP contribution in [0.15, 0.2) is 12.2 Å². The van der Waals surface area contributed by atoms with Crippen LogP contribution in [0.5, 0.6) is 0 Å². The average molecular weight is 210 g/mol.